The van der Waals surface area contributed by atoms with Crippen molar-refractivity contribution >= 4 is 23.6 Å². The van der Waals surface area contributed by atoms with Gasteiger partial charge in [-0.1, -0.05) is 5.21 Å². The number of rotatable bonds is 4. The van der Waals surface area contributed by atoms with E-state index in [1.807, 2.05) is 0 Å². The van der Waals surface area contributed by atoms with Crippen LogP contribution in [0.25, 0.3) is 0 Å². The van der Waals surface area contributed by atoms with E-state index in [4.69, 9.17) is 0 Å². The Morgan fingerprint density at radius 1 is 1.40 bits per heavy atom. The molecule has 10 heteroatoms. The summed E-state index contributed by atoms with van der Waals surface area (Å²) in [5.74, 6) is 0.483. The highest BCUT2D eigenvalue weighted by Gasteiger charge is 2.09. The first-order valence-electron chi connectivity index (χ1n) is 5.61. The molecule has 10 nitrogen and oxygen atoms in total. The Morgan fingerprint density at radius 3 is 2.85 bits per heavy atom. The molecule has 0 saturated carbocycles. The Morgan fingerprint density at radius 2 is 2.20 bits per heavy atom. The number of hydrogen-bond donors (Lipinski definition) is 2. The molecule has 0 aromatic carbocycles. The van der Waals surface area contributed by atoms with Gasteiger partial charge < -0.3 is 10.1 Å². The molecule has 2 N–H and O–H groups in total. The van der Waals surface area contributed by atoms with Crippen LogP contribution < -0.4 is 10.6 Å². The van der Waals surface area contributed by atoms with Crippen LogP contribution in [0.5, 0.6) is 0 Å². The van der Waals surface area contributed by atoms with E-state index in [2.05, 4.69) is 30.8 Å². The summed E-state index contributed by atoms with van der Waals surface area (Å²) in [7, 11) is 2.95. The molecule has 2 aromatic rings. The van der Waals surface area contributed by atoms with Crippen molar-refractivity contribution in [2.24, 2.45) is 7.05 Å². The normalized spacial score (nSPS) is 10.1. The number of nitrogens with one attached hydrogen (secondary N) is 2. The maximum absolute atomic E-state index is 11.8. The molecule has 2 heterocycles. The molecule has 0 fully saturated rings. The van der Waals surface area contributed by atoms with E-state index in [-0.39, 0.29) is 18.3 Å². The molecular weight excluding hydrogens is 266 g/mol. The number of anilines is 2. The molecular formula is C10H13N7O3. The van der Waals surface area contributed by atoms with Crippen LogP contribution in [0.15, 0.2) is 18.5 Å². The van der Waals surface area contributed by atoms with E-state index in [1.54, 1.807) is 19.3 Å². The van der Waals surface area contributed by atoms with Gasteiger partial charge in [0.05, 0.1) is 19.5 Å². The monoisotopic (exact) mass is 279 g/mol. The second kappa shape index (κ2) is 5.82. The molecule has 2 aromatic heterocycles. The van der Waals surface area contributed by atoms with Crippen molar-refractivity contribution in [2.45, 2.75) is 6.54 Å². The molecule has 0 saturated heterocycles. The van der Waals surface area contributed by atoms with Crippen LogP contribution >= 0.6 is 0 Å². The van der Waals surface area contributed by atoms with Crippen LogP contribution in [0, 0.1) is 0 Å². The number of amides is 2. The zero-order valence-electron chi connectivity index (χ0n) is 10.9. The Labute approximate surface area is 113 Å². The summed E-state index contributed by atoms with van der Waals surface area (Å²) in [5, 5.41) is 16.3. The van der Waals surface area contributed by atoms with Crippen LogP contribution in [0.2, 0.25) is 0 Å². The van der Waals surface area contributed by atoms with Crippen molar-refractivity contribution in [1.29, 1.82) is 0 Å². The topological polar surface area (TPSA) is 116 Å². The predicted molar refractivity (Wildman–Crippen MR) is 67.9 cm³/mol. The third kappa shape index (κ3) is 3.31. The highest BCUT2D eigenvalue weighted by atomic mass is 16.5. The third-order valence-electron chi connectivity index (χ3n) is 2.35. The first-order chi connectivity index (χ1) is 9.58. The summed E-state index contributed by atoms with van der Waals surface area (Å²) in [6.45, 7) is -0.0406. The van der Waals surface area contributed by atoms with Gasteiger partial charge in [0, 0.05) is 13.1 Å². The summed E-state index contributed by atoms with van der Waals surface area (Å²) in [6, 6.07) is 1.67. The van der Waals surface area contributed by atoms with Crippen molar-refractivity contribution in [3.8, 4) is 0 Å². The molecule has 0 unspecified atom stereocenters. The molecule has 0 spiro atoms. The molecule has 0 radical (unpaired) electrons. The minimum absolute atomic E-state index is 0.0406. The smallest absolute Gasteiger partial charge is 0.412 e. The summed E-state index contributed by atoms with van der Waals surface area (Å²) < 4.78 is 7.23. The molecule has 0 aliphatic heterocycles. The van der Waals surface area contributed by atoms with E-state index in [0.29, 0.717) is 5.82 Å². The predicted octanol–water partition coefficient (Wildman–Crippen LogP) is -0.171. The molecule has 20 heavy (non-hydrogen) atoms. The van der Waals surface area contributed by atoms with Crippen molar-refractivity contribution < 1.29 is 14.3 Å². The lowest BCUT2D eigenvalue weighted by molar-refractivity contribution is -0.117. The van der Waals surface area contributed by atoms with E-state index < -0.39 is 6.09 Å². The average molecular weight is 279 g/mol. The third-order valence-corrected chi connectivity index (χ3v) is 2.35. The van der Waals surface area contributed by atoms with E-state index in [1.165, 1.54) is 22.7 Å². The van der Waals surface area contributed by atoms with Gasteiger partial charge in [-0.25, -0.2) is 9.48 Å². The van der Waals surface area contributed by atoms with Gasteiger partial charge >= 0.3 is 6.09 Å². The summed E-state index contributed by atoms with van der Waals surface area (Å²) >= 11 is 0. The highest BCUT2D eigenvalue weighted by molar-refractivity contribution is 5.89. The fourth-order valence-corrected chi connectivity index (χ4v) is 1.41. The quantitative estimate of drug-likeness (QED) is 0.802. The van der Waals surface area contributed by atoms with Crippen molar-refractivity contribution in [3.63, 3.8) is 0 Å². The maximum Gasteiger partial charge on any atom is 0.412 e. The molecule has 106 valence electrons. The summed E-state index contributed by atoms with van der Waals surface area (Å²) in [6.07, 6.45) is 2.33. The minimum Gasteiger partial charge on any atom is -0.453 e. The summed E-state index contributed by atoms with van der Waals surface area (Å²) in [4.78, 5) is 22.7. The number of hydrogen-bond acceptors (Lipinski definition) is 6. The molecule has 0 bridgehead atoms. The maximum atomic E-state index is 11.8. The van der Waals surface area contributed by atoms with E-state index in [0.717, 1.165) is 0 Å². The number of ether oxygens (including phenoxy) is 1. The zero-order chi connectivity index (χ0) is 14.5. The highest BCUT2D eigenvalue weighted by Crippen LogP contribution is 2.04. The second-order valence-electron chi connectivity index (χ2n) is 3.81. The minimum atomic E-state index is -0.656. The van der Waals surface area contributed by atoms with Gasteiger partial charge in [0.15, 0.2) is 5.82 Å². The average Bonchev–Trinajstić information content (AvgIpc) is 3.00. The molecule has 0 aliphatic carbocycles. The van der Waals surface area contributed by atoms with Gasteiger partial charge in [0.25, 0.3) is 0 Å². The molecule has 0 aliphatic rings. The Balaban J connectivity index is 1.91. The Hall–Kier alpha value is -2.91. The number of aryl methyl sites for hydroxylation is 1. The Bertz CT molecular complexity index is 618. The van der Waals surface area contributed by atoms with Crippen LogP contribution in [0.4, 0.5) is 16.4 Å². The molecule has 2 rings (SSSR count). The largest absolute Gasteiger partial charge is 0.453 e. The fraction of sp³-hybridized carbons (Fsp3) is 0.300. The van der Waals surface area contributed by atoms with Gasteiger partial charge in [0.1, 0.15) is 12.4 Å². The second-order valence-corrected chi connectivity index (χ2v) is 3.81. The Kier molecular flexibility index (Phi) is 3.93. The van der Waals surface area contributed by atoms with Crippen molar-refractivity contribution in [2.75, 3.05) is 17.7 Å². The SMILES string of the molecule is COC(=O)Nc1cn(CC(=O)Nc2ccnn2C)nn1. The first-order valence-corrected chi connectivity index (χ1v) is 5.61. The molecule has 2 amide bonds. The van der Waals surface area contributed by atoms with E-state index >= 15 is 0 Å². The van der Waals surface area contributed by atoms with Gasteiger partial charge in [-0.15, -0.1) is 5.10 Å². The summed E-state index contributed by atoms with van der Waals surface area (Å²) in [5.41, 5.74) is 0. The van der Waals surface area contributed by atoms with Crippen LogP contribution in [-0.4, -0.2) is 43.9 Å². The standard InChI is InChI=1S/C10H13N7O3/c1-16-8(3-4-11-16)13-9(18)6-17-5-7(14-15-17)12-10(19)20-2/h3-5H,6H2,1-2H3,(H,12,19)(H,13,18). The number of aromatic nitrogens is 5. The fourth-order valence-electron chi connectivity index (χ4n) is 1.41. The lowest BCUT2D eigenvalue weighted by Gasteiger charge is -2.04. The van der Waals surface area contributed by atoms with Gasteiger partial charge in [0.2, 0.25) is 5.91 Å². The number of carbonyl (C=O) groups excluding carboxylic acids is 2. The molecule has 0 atom stereocenters. The van der Waals surface area contributed by atoms with Crippen molar-refractivity contribution in [3.05, 3.63) is 18.5 Å². The first kappa shape index (κ1) is 13.5. The van der Waals surface area contributed by atoms with Gasteiger partial charge in [-0.05, 0) is 0 Å². The van der Waals surface area contributed by atoms with Gasteiger partial charge in [-0.2, -0.15) is 5.10 Å². The van der Waals surface area contributed by atoms with Crippen LogP contribution in [-0.2, 0) is 23.1 Å². The number of methoxy groups -OCH3 is 1. The lowest BCUT2D eigenvalue weighted by Crippen LogP contribution is -2.20. The van der Waals surface area contributed by atoms with E-state index in [9.17, 15) is 9.59 Å². The number of nitrogens with zero attached hydrogens (tertiary/aromatic N) is 5. The van der Waals surface area contributed by atoms with Crippen LogP contribution in [0.3, 0.4) is 0 Å². The number of carbonyl (C=O) groups is 2. The van der Waals surface area contributed by atoms with Gasteiger partial charge in [-0.3, -0.25) is 14.8 Å². The van der Waals surface area contributed by atoms with Crippen LogP contribution in [0.1, 0.15) is 0 Å². The zero-order valence-corrected chi connectivity index (χ0v) is 10.9. The van der Waals surface area contributed by atoms with Crippen molar-refractivity contribution in [1.82, 2.24) is 24.8 Å². The lowest BCUT2D eigenvalue weighted by atomic mass is 10.5.